The molecule has 0 unspecified atom stereocenters. The maximum absolute atomic E-state index is 2.60. The van der Waals surface area contributed by atoms with E-state index in [1.165, 1.54) is 115 Å². The molecule has 0 bridgehead atoms. The number of para-hydroxylation sites is 2. The first-order valence-electron chi connectivity index (χ1n) is 24.8. The molecule has 0 saturated carbocycles. The van der Waals surface area contributed by atoms with Crippen LogP contribution in [0, 0.1) is 27.7 Å². The van der Waals surface area contributed by atoms with Gasteiger partial charge in [-0.3, -0.25) is 0 Å². The van der Waals surface area contributed by atoms with E-state index in [0.717, 1.165) is 5.69 Å². The molecule has 2 nitrogen and oxygen atoms in total. The largest absolute Gasteiger partial charge is 0.310 e. The van der Waals surface area contributed by atoms with Gasteiger partial charge in [-0.15, -0.1) is 11.3 Å². The summed E-state index contributed by atoms with van der Waals surface area (Å²) in [6.45, 7) is 23.7. The Labute approximate surface area is 421 Å². The summed E-state index contributed by atoms with van der Waals surface area (Å²) < 4.78 is 2.61. The average Bonchev–Trinajstić information content (AvgIpc) is 3.88. The fourth-order valence-electron chi connectivity index (χ4n) is 11.5. The zero-order valence-electron chi connectivity index (χ0n) is 42.3. The van der Waals surface area contributed by atoms with Gasteiger partial charge >= 0.3 is 0 Å². The van der Waals surface area contributed by atoms with Crippen molar-refractivity contribution < 1.29 is 0 Å². The van der Waals surface area contributed by atoms with Crippen molar-refractivity contribution in [2.24, 2.45) is 0 Å². The second kappa shape index (κ2) is 17.3. The molecule has 10 aromatic rings. The number of thiophene rings is 1. The van der Waals surface area contributed by atoms with Crippen LogP contribution in [0.4, 0.5) is 34.1 Å². The monoisotopic (exact) mass is 958 g/mol. The molecule has 5 heteroatoms. The zero-order valence-corrected chi connectivity index (χ0v) is 45.1. The Morgan fingerprint density at radius 3 is 1.39 bits per heavy atom. The third-order valence-corrected chi connectivity index (χ3v) is 20.3. The first-order chi connectivity index (χ1) is 33.7. The maximum Gasteiger partial charge on any atom is 0.0775 e. The molecule has 346 valence electrons. The van der Waals surface area contributed by atoms with Gasteiger partial charge in [0.15, 0.2) is 0 Å². The molecule has 0 fully saturated rings. The van der Waals surface area contributed by atoms with E-state index in [-0.39, 0.29) is 0 Å². The summed E-state index contributed by atoms with van der Waals surface area (Å²) in [7, 11) is -3.12. The zero-order chi connectivity index (χ0) is 48.7. The van der Waals surface area contributed by atoms with Crippen molar-refractivity contribution in [2.45, 2.75) is 72.4 Å². The van der Waals surface area contributed by atoms with Crippen LogP contribution in [-0.2, 0) is 5.41 Å². The highest BCUT2D eigenvalue weighted by Crippen LogP contribution is 2.62. The van der Waals surface area contributed by atoms with E-state index in [9.17, 15) is 0 Å². The maximum atomic E-state index is 2.60. The van der Waals surface area contributed by atoms with Crippen LogP contribution in [0.25, 0.3) is 31.3 Å². The summed E-state index contributed by atoms with van der Waals surface area (Å²) in [5, 5.41) is 5.49. The van der Waals surface area contributed by atoms with E-state index in [1.54, 1.807) is 0 Å². The van der Waals surface area contributed by atoms with Gasteiger partial charge in [0, 0.05) is 42.8 Å². The van der Waals surface area contributed by atoms with Crippen LogP contribution in [0.15, 0.2) is 194 Å². The van der Waals surface area contributed by atoms with Gasteiger partial charge in [0.2, 0.25) is 0 Å². The van der Waals surface area contributed by atoms with Crippen LogP contribution >= 0.6 is 11.3 Å². The quantitative estimate of drug-likeness (QED) is 0.126. The number of hydrogen-bond acceptors (Lipinski definition) is 3. The van der Waals surface area contributed by atoms with Gasteiger partial charge < -0.3 is 9.80 Å². The Bertz CT molecular complexity index is 3520. The second-order valence-corrected chi connectivity index (χ2v) is 32.8. The fourth-order valence-corrected chi connectivity index (χ4v) is 15.1. The third kappa shape index (κ3) is 7.40. The highest BCUT2D eigenvalue weighted by Gasteiger charge is 2.48. The van der Waals surface area contributed by atoms with Gasteiger partial charge in [-0.2, -0.15) is 0 Å². The van der Waals surface area contributed by atoms with E-state index in [4.69, 9.17) is 0 Å². The van der Waals surface area contributed by atoms with Gasteiger partial charge in [-0.05, 0) is 126 Å². The minimum Gasteiger partial charge on any atom is -0.310 e. The lowest BCUT2D eigenvalue weighted by Crippen LogP contribution is -2.37. The van der Waals surface area contributed by atoms with Crippen molar-refractivity contribution in [1.82, 2.24) is 0 Å². The fraction of sp³-hybridized carbons (Fsp3) is 0.169. The molecule has 11 rings (SSSR count). The average molecular weight is 959 g/mol. The normalized spacial score (nSPS) is 13.1. The molecule has 1 aromatic heterocycles. The molecule has 0 spiro atoms. The summed E-state index contributed by atoms with van der Waals surface area (Å²) >= 11 is 1.94. The Kier molecular flexibility index (Phi) is 11.3. The lowest BCUT2D eigenvalue weighted by Gasteiger charge is -2.36. The minimum atomic E-state index is -1.58. The smallest absolute Gasteiger partial charge is 0.0775 e. The van der Waals surface area contributed by atoms with Crippen LogP contribution in [0.3, 0.4) is 0 Å². The minimum absolute atomic E-state index is 0.676. The molecule has 70 heavy (non-hydrogen) atoms. The van der Waals surface area contributed by atoms with Crippen molar-refractivity contribution in [3.63, 3.8) is 0 Å². The third-order valence-electron chi connectivity index (χ3n) is 14.9. The molecule has 0 radical (unpaired) electrons. The van der Waals surface area contributed by atoms with E-state index < -0.39 is 21.6 Å². The number of hydrogen-bond donors (Lipinski definition) is 0. The van der Waals surface area contributed by atoms with E-state index in [0.29, 0.717) is 0 Å². The first kappa shape index (κ1) is 45.7. The molecular weight excluding hydrogens is 897 g/mol. The lowest BCUT2D eigenvalue weighted by atomic mass is 9.67. The molecule has 1 aliphatic carbocycles. The number of anilines is 6. The van der Waals surface area contributed by atoms with E-state index in [2.05, 4.69) is 271 Å². The number of rotatable bonds is 10. The number of fused-ring (bicyclic) bond motifs is 7. The SMILES string of the molecule is Cc1cccc(C)c1N(c1ccc([Si](C)(C)C)cc1)c1ccc2c(c1)C(c1ccccc1)(c1ccccc1)c1cc(N(c3ccc([Si](C)(C)C)cc3)c3c(C)cccc3C)c3c(sc4ccccc43)c1-2. The molecule has 0 amide bonds. The molecule has 1 heterocycles. The predicted octanol–water partition coefficient (Wildman–Crippen LogP) is 17.7. The number of aryl methyl sites for hydroxylation is 4. The van der Waals surface area contributed by atoms with E-state index >= 15 is 0 Å². The van der Waals surface area contributed by atoms with Crippen molar-refractivity contribution in [2.75, 3.05) is 9.80 Å². The molecule has 0 atom stereocenters. The summed E-state index contributed by atoms with van der Waals surface area (Å²) in [5.41, 5.74) is 19.2. The highest BCUT2D eigenvalue weighted by atomic mass is 32.1. The van der Waals surface area contributed by atoms with Crippen LogP contribution in [-0.4, -0.2) is 16.1 Å². The van der Waals surface area contributed by atoms with Crippen LogP contribution in [0.2, 0.25) is 39.3 Å². The summed E-state index contributed by atoms with van der Waals surface area (Å²) in [6, 6.07) is 74.3. The van der Waals surface area contributed by atoms with Crippen LogP contribution < -0.4 is 20.2 Å². The predicted molar refractivity (Wildman–Crippen MR) is 311 cm³/mol. The van der Waals surface area contributed by atoms with Crippen molar-refractivity contribution in [3.05, 3.63) is 239 Å². The molecule has 0 aliphatic heterocycles. The van der Waals surface area contributed by atoms with Gasteiger partial charge in [0.1, 0.15) is 0 Å². The second-order valence-electron chi connectivity index (χ2n) is 21.6. The summed E-state index contributed by atoms with van der Waals surface area (Å²) in [6.07, 6.45) is 0. The standard InChI is InChI=1S/C65H62N2SSi2/c1-43-21-19-22-44(2)62(43)66(49-31-36-52(37-32-49)69(5,6)7)51-35-40-54-56(41-51)65(47-25-13-11-14-26-47,48-27-15-12-16-28-48)57-42-58(61-55-29-17-18-30-59(55)68-64(61)60(54)57)67(63-45(3)23-20-24-46(63)4)50-33-38-53(39-34-50)70(8,9)10/h11-42H,1-10H3. The topological polar surface area (TPSA) is 6.48 Å². The van der Waals surface area contributed by atoms with Gasteiger partial charge in [0.25, 0.3) is 0 Å². The van der Waals surface area contributed by atoms with Gasteiger partial charge in [-0.1, -0.05) is 195 Å². The van der Waals surface area contributed by atoms with Crippen molar-refractivity contribution >= 4 is 92.2 Å². The molecule has 0 saturated heterocycles. The summed E-state index contributed by atoms with van der Waals surface area (Å²) in [4.78, 5) is 5.12. The molecule has 9 aromatic carbocycles. The summed E-state index contributed by atoms with van der Waals surface area (Å²) in [5.74, 6) is 0. The number of nitrogens with zero attached hydrogens (tertiary/aromatic N) is 2. The first-order valence-corrected chi connectivity index (χ1v) is 32.7. The van der Waals surface area contributed by atoms with Gasteiger partial charge in [0.05, 0.1) is 38.6 Å². The van der Waals surface area contributed by atoms with Gasteiger partial charge in [-0.25, -0.2) is 0 Å². The Hall–Kier alpha value is -6.77. The van der Waals surface area contributed by atoms with Crippen molar-refractivity contribution in [1.29, 1.82) is 0 Å². The Morgan fingerprint density at radius 2 is 0.871 bits per heavy atom. The number of benzene rings is 9. The van der Waals surface area contributed by atoms with Crippen LogP contribution in [0.1, 0.15) is 44.5 Å². The van der Waals surface area contributed by atoms with Crippen molar-refractivity contribution in [3.8, 4) is 11.1 Å². The van der Waals surface area contributed by atoms with Crippen LogP contribution in [0.5, 0.6) is 0 Å². The Balaban J connectivity index is 1.28. The molecular formula is C65H62N2SSi2. The molecule has 1 aliphatic rings. The van der Waals surface area contributed by atoms with E-state index in [1.807, 2.05) is 11.3 Å². The molecule has 0 N–H and O–H groups in total. The highest BCUT2D eigenvalue weighted by molar-refractivity contribution is 7.26. The Morgan fingerprint density at radius 1 is 0.414 bits per heavy atom. The lowest BCUT2D eigenvalue weighted by molar-refractivity contribution is 0.769.